The first-order valence-electron chi connectivity index (χ1n) is 4.80. The summed E-state index contributed by atoms with van der Waals surface area (Å²) in [5.41, 5.74) is 0.0360. The Bertz CT molecular complexity index is 463. The predicted molar refractivity (Wildman–Crippen MR) is 56.4 cm³/mol. The van der Waals surface area contributed by atoms with Gasteiger partial charge in [0.25, 0.3) is 0 Å². The van der Waals surface area contributed by atoms with E-state index in [2.05, 4.69) is 21.3 Å². The first-order chi connectivity index (χ1) is 8.08. The second kappa shape index (κ2) is 5.85. The van der Waals surface area contributed by atoms with Crippen molar-refractivity contribution in [2.24, 2.45) is 0 Å². The van der Waals surface area contributed by atoms with Crippen molar-refractivity contribution in [3.63, 3.8) is 0 Å². The van der Waals surface area contributed by atoms with Gasteiger partial charge < -0.3 is 9.47 Å². The second-order valence-corrected chi connectivity index (χ2v) is 2.94. The molecular weight excluding hydrogens is 230 g/mol. The number of methoxy groups -OCH3 is 1. The Kier molecular flexibility index (Phi) is 4.46. The van der Waals surface area contributed by atoms with Crippen LogP contribution in [0.4, 0.5) is 8.78 Å². The van der Waals surface area contributed by atoms with Gasteiger partial charge in [0, 0.05) is 11.5 Å². The number of rotatable bonds is 2. The largest absolute Gasteiger partial charge is 0.491 e. The predicted octanol–water partition coefficient (Wildman–Crippen LogP) is 1.89. The van der Waals surface area contributed by atoms with Crippen LogP contribution < -0.4 is 4.74 Å². The minimum absolute atomic E-state index is 0.0360. The zero-order valence-electron chi connectivity index (χ0n) is 9.34. The summed E-state index contributed by atoms with van der Waals surface area (Å²) in [6.07, 6.45) is 0. The zero-order valence-corrected chi connectivity index (χ0v) is 9.34. The van der Waals surface area contributed by atoms with Crippen molar-refractivity contribution in [3.8, 4) is 17.6 Å². The molecule has 1 aromatic carbocycles. The van der Waals surface area contributed by atoms with E-state index in [-0.39, 0.29) is 12.2 Å². The van der Waals surface area contributed by atoms with Crippen LogP contribution >= 0.6 is 0 Å². The Labute approximate surface area is 97.3 Å². The van der Waals surface area contributed by atoms with Crippen molar-refractivity contribution in [3.05, 3.63) is 29.3 Å². The fourth-order valence-corrected chi connectivity index (χ4v) is 1.12. The van der Waals surface area contributed by atoms with E-state index < -0.39 is 23.4 Å². The minimum atomic E-state index is -0.874. The molecule has 0 fully saturated rings. The minimum Gasteiger partial charge on any atom is -0.491 e. The normalized spacial score (nSPS) is 9.18. The second-order valence-electron chi connectivity index (χ2n) is 2.94. The summed E-state index contributed by atoms with van der Waals surface area (Å²) in [6, 6.07) is 1.96. The van der Waals surface area contributed by atoms with Crippen LogP contribution in [0.2, 0.25) is 0 Å². The third-order valence-corrected chi connectivity index (χ3v) is 1.79. The molecule has 90 valence electrons. The third kappa shape index (κ3) is 3.45. The molecule has 0 aromatic heterocycles. The number of carbonyl (C=O) groups is 1. The van der Waals surface area contributed by atoms with E-state index in [1.807, 2.05) is 0 Å². The van der Waals surface area contributed by atoms with E-state index in [4.69, 9.17) is 0 Å². The van der Waals surface area contributed by atoms with Crippen molar-refractivity contribution in [1.82, 2.24) is 0 Å². The smallest absolute Gasteiger partial charge is 0.384 e. The summed E-state index contributed by atoms with van der Waals surface area (Å²) in [6.45, 7) is 1.82. The number of carbonyl (C=O) groups excluding carboxylic acids is 1. The molecule has 0 atom stereocenters. The average molecular weight is 240 g/mol. The van der Waals surface area contributed by atoms with Gasteiger partial charge in [0.15, 0.2) is 17.4 Å². The van der Waals surface area contributed by atoms with Crippen LogP contribution in [0.1, 0.15) is 12.5 Å². The summed E-state index contributed by atoms with van der Waals surface area (Å²) >= 11 is 0. The maximum absolute atomic E-state index is 13.2. The summed E-state index contributed by atoms with van der Waals surface area (Å²) in [5, 5.41) is 0. The standard InChI is InChI=1S/C12H10F2O3/c1-3-17-11(15)5-4-8-6-9(13)12(16-2)10(14)7-8/h6-7H,3H2,1-2H3. The molecule has 0 unspecified atom stereocenters. The highest BCUT2D eigenvalue weighted by Gasteiger charge is 2.10. The maximum atomic E-state index is 13.2. The molecular formula is C12H10F2O3. The van der Waals surface area contributed by atoms with E-state index in [0.717, 1.165) is 19.2 Å². The lowest BCUT2D eigenvalue weighted by molar-refractivity contribution is -0.136. The summed E-state index contributed by atoms with van der Waals surface area (Å²) in [7, 11) is 1.16. The first-order valence-corrected chi connectivity index (χ1v) is 4.80. The monoisotopic (exact) mass is 240 g/mol. The van der Waals surface area contributed by atoms with Crippen molar-refractivity contribution < 1.29 is 23.0 Å². The molecule has 0 aliphatic heterocycles. The van der Waals surface area contributed by atoms with Crippen molar-refractivity contribution in [2.75, 3.05) is 13.7 Å². The molecule has 0 N–H and O–H groups in total. The Hall–Kier alpha value is -2.09. The van der Waals surface area contributed by atoms with Crippen LogP contribution in [-0.4, -0.2) is 19.7 Å². The van der Waals surface area contributed by atoms with Gasteiger partial charge in [0.05, 0.1) is 13.7 Å². The van der Waals surface area contributed by atoms with Crippen LogP contribution in [0.5, 0.6) is 5.75 Å². The molecule has 0 saturated carbocycles. The number of hydrogen-bond acceptors (Lipinski definition) is 3. The fraction of sp³-hybridized carbons (Fsp3) is 0.250. The van der Waals surface area contributed by atoms with E-state index in [9.17, 15) is 13.6 Å². The molecule has 0 bridgehead atoms. The van der Waals surface area contributed by atoms with E-state index in [1.165, 1.54) is 0 Å². The lowest BCUT2D eigenvalue weighted by Crippen LogP contribution is -2.00. The van der Waals surface area contributed by atoms with Crippen molar-refractivity contribution in [2.45, 2.75) is 6.92 Å². The van der Waals surface area contributed by atoms with Crippen LogP contribution in [-0.2, 0) is 9.53 Å². The SMILES string of the molecule is CCOC(=O)C#Cc1cc(F)c(OC)c(F)c1. The van der Waals surface area contributed by atoms with Gasteiger partial charge in [0.2, 0.25) is 0 Å². The molecule has 0 saturated heterocycles. The van der Waals surface area contributed by atoms with Gasteiger partial charge in [-0.15, -0.1) is 0 Å². The molecule has 1 rings (SSSR count). The molecule has 0 amide bonds. The molecule has 0 aliphatic carbocycles. The van der Waals surface area contributed by atoms with Gasteiger partial charge in [-0.2, -0.15) is 0 Å². The van der Waals surface area contributed by atoms with Gasteiger partial charge in [-0.3, -0.25) is 0 Å². The van der Waals surface area contributed by atoms with Gasteiger partial charge in [0.1, 0.15) is 0 Å². The molecule has 0 heterocycles. The topological polar surface area (TPSA) is 35.5 Å². The maximum Gasteiger partial charge on any atom is 0.384 e. The highest BCUT2D eigenvalue weighted by atomic mass is 19.1. The Balaban J connectivity index is 2.97. The molecule has 3 nitrogen and oxygen atoms in total. The van der Waals surface area contributed by atoms with Crippen molar-refractivity contribution in [1.29, 1.82) is 0 Å². The highest BCUT2D eigenvalue weighted by molar-refractivity contribution is 5.89. The van der Waals surface area contributed by atoms with Gasteiger partial charge in [-0.1, -0.05) is 5.92 Å². The van der Waals surface area contributed by atoms with Gasteiger partial charge >= 0.3 is 5.97 Å². The molecule has 1 aromatic rings. The quantitative estimate of drug-likeness (QED) is 0.585. The number of benzene rings is 1. The lowest BCUT2D eigenvalue weighted by Gasteiger charge is -2.03. The average Bonchev–Trinajstić information content (AvgIpc) is 2.26. The molecule has 5 heteroatoms. The molecule has 0 aliphatic rings. The number of esters is 1. The Morgan fingerprint density at radius 2 is 1.94 bits per heavy atom. The molecule has 0 radical (unpaired) electrons. The van der Waals surface area contributed by atoms with Crippen LogP contribution in [0.15, 0.2) is 12.1 Å². The Morgan fingerprint density at radius 1 is 1.35 bits per heavy atom. The van der Waals surface area contributed by atoms with Crippen molar-refractivity contribution >= 4 is 5.97 Å². The molecule has 17 heavy (non-hydrogen) atoms. The van der Waals surface area contributed by atoms with E-state index in [1.54, 1.807) is 6.92 Å². The lowest BCUT2D eigenvalue weighted by atomic mass is 10.2. The Morgan fingerprint density at radius 3 is 2.41 bits per heavy atom. The zero-order chi connectivity index (χ0) is 12.8. The number of ether oxygens (including phenoxy) is 2. The highest BCUT2D eigenvalue weighted by Crippen LogP contribution is 2.22. The van der Waals surface area contributed by atoms with E-state index in [0.29, 0.717) is 0 Å². The van der Waals surface area contributed by atoms with Crippen LogP contribution in [0.25, 0.3) is 0 Å². The summed E-state index contributed by atoms with van der Waals surface area (Å²) in [5.74, 6) is 1.43. The van der Waals surface area contributed by atoms with Gasteiger partial charge in [-0.05, 0) is 19.1 Å². The van der Waals surface area contributed by atoms with Gasteiger partial charge in [-0.25, -0.2) is 13.6 Å². The fourth-order valence-electron chi connectivity index (χ4n) is 1.12. The summed E-state index contributed by atoms with van der Waals surface area (Å²) < 4.78 is 35.5. The van der Waals surface area contributed by atoms with Crippen LogP contribution in [0, 0.1) is 23.5 Å². The molecule has 0 spiro atoms. The number of hydrogen-bond donors (Lipinski definition) is 0. The van der Waals surface area contributed by atoms with Crippen LogP contribution in [0.3, 0.4) is 0 Å². The number of halogens is 2. The van der Waals surface area contributed by atoms with E-state index >= 15 is 0 Å². The first kappa shape index (κ1) is 13.0. The summed E-state index contributed by atoms with van der Waals surface area (Å²) in [4.78, 5) is 10.9. The third-order valence-electron chi connectivity index (χ3n) is 1.79.